The van der Waals surface area contributed by atoms with Gasteiger partial charge in [-0.3, -0.25) is 0 Å². The Morgan fingerprint density at radius 1 is 0.459 bits per heavy atom. The lowest BCUT2D eigenvalue weighted by molar-refractivity contribution is -0.415. The molecule has 0 fully saturated rings. The molecule has 37 heavy (non-hydrogen) atoms. The van der Waals surface area contributed by atoms with Gasteiger partial charge in [-0.2, -0.15) is 74.6 Å². The van der Waals surface area contributed by atoms with E-state index in [-0.39, 0.29) is 14.0 Å². The molecule has 0 N–H and O–H groups in total. The molecule has 0 spiro atoms. The summed E-state index contributed by atoms with van der Waals surface area (Å²) < 4.78 is 245. The first-order valence-corrected chi connectivity index (χ1v) is 8.07. The molecule has 0 aliphatic rings. The third kappa shape index (κ3) is 9.62. The molecule has 23 heteroatoms. The lowest BCUT2D eigenvalue weighted by atomic mass is 9.95. The Morgan fingerprint density at radius 3 is 0.784 bits per heavy atom. The summed E-state index contributed by atoms with van der Waals surface area (Å²) in [7, 11) is 0.576. The first-order valence-electron chi connectivity index (χ1n) is 8.07. The summed E-state index contributed by atoms with van der Waals surface area (Å²) in [5.74, 6) is 0. The van der Waals surface area contributed by atoms with Gasteiger partial charge in [0.15, 0.2) is 0 Å². The molecule has 0 aromatic carbocycles. The van der Waals surface area contributed by atoms with E-state index in [0.717, 1.165) is 0 Å². The summed E-state index contributed by atoms with van der Waals surface area (Å²) in [6.07, 6.45) is -43.8. The predicted octanol–water partition coefficient (Wildman–Crippen LogP) is 7.40. The van der Waals surface area contributed by atoms with Crippen LogP contribution in [0.15, 0.2) is 0 Å². The Balaban J connectivity index is -0.000000504. The largest absolute Gasteiger partial charge is 0.429 e. The summed E-state index contributed by atoms with van der Waals surface area (Å²) in [5.41, 5.74) is -10.0. The molecule has 0 heterocycles. The van der Waals surface area contributed by atoms with E-state index in [1.807, 2.05) is 0 Å². The number of methoxy groups -OCH3 is 3. The van der Waals surface area contributed by atoms with E-state index in [1.165, 1.54) is 0 Å². The maximum absolute atomic E-state index is 12.5. The van der Waals surface area contributed by atoms with Crippen molar-refractivity contribution < 1.29 is 102 Å². The normalized spacial score (nSPS) is 15.5. The lowest BCUT2D eigenvalue weighted by Gasteiger charge is -2.38. The quantitative estimate of drug-likeness (QED) is 0.304. The molecule has 0 bridgehead atoms. The number of rotatable bonds is 5. The third-order valence-corrected chi connectivity index (χ3v) is 3.82. The third-order valence-electron chi connectivity index (χ3n) is 3.82. The number of hydrogen-bond donors (Lipinski definition) is 0. The number of ether oxygens (including phenoxy) is 3. The summed E-state index contributed by atoms with van der Waals surface area (Å²) >= 11 is 0. The molecule has 0 saturated heterocycles. The zero-order valence-electron chi connectivity index (χ0n) is 17.9. The second kappa shape index (κ2) is 12.6. The number of alkyl halides is 20. The molecular weight excluding hydrogens is 596 g/mol. The Kier molecular flexibility index (Phi) is 13.6. The van der Waals surface area contributed by atoms with Crippen molar-refractivity contribution in [2.75, 3.05) is 21.3 Å². The predicted molar refractivity (Wildman–Crippen MR) is 78.3 cm³/mol. The molecule has 0 aliphatic heterocycles. The van der Waals surface area contributed by atoms with Gasteiger partial charge < -0.3 is 14.2 Å². The first kappa shape index (κ1) is 40.0. The fourth-order valence-electron chi connectivity index (χ4n) is 1.49. The highest BCUT2D eigenvalue weighted by molar-refractivity contribution is 5.04. The molecule has 3 nitrogen and oxygen atoms in total. The molecule has 0 radical (unpaired) electrons. The monoisotopic (exact) mass is 610 g/mol. The molecule has 0 saturated carbocycles. The van der Waals surface area contributed by atoms with E-state index >= 15 is 0 Å². The maximum atomic E-state index is 12.5. The molecule has 1 atom stereocenters. The van der Waals surface area contributed by atoms with Crippen LogP contribution in [0, 0.1) is 0 Å². The average molecular weight is 610 g/mol. The van der Waals surface area contributed by atoms with E-state index in [0.29, 0.717) is 14.2 Å². The van der Waals surface area contributed by atoms with Crippen LogP contribution in [-0.4, -0.2) is 82.1 Å². The van der Waals surface area contributed by atoms with E-state index in [2.05, 4.69) is 14.2 Å². The minimum absolute atomic E-state index is 0.0625. The van der Waals surface area contributed by atoms with Crippen LogP contribution in [0.1, 0.15) is 6.92 Å². The van der Waals surface area contributed by atoms with Gasteiger partial charge in [0.2, 0.25) is 6.17 Å². The SMILES string of the molecule is COC(C(F)C(F)(F)F)(C(F)(F)F)C(F)(F)F.COC(C)(C(F)(F)F)C(F)(F)F.COC(F)(F)C(F)F. The Bertz CT molecular complexity index is 628. The molecule has 0 aromatic rings. The van der Waals surface area contributed by atoms with Crippen molar-refractivity contribution >= 4 is 0 Å². The van der Waals surface area contributed by atoms with Crippen molar-refractivity contribution in [2.24, 2.45) is 0 Å². The summed E-state index contributed by atoms with van der Waals surface area (Å²) in [4.78, 5) is 0. The molecule has 1 unspecified atom stereocenters. The zero-order chi connectivity index (χ0) is 31.3. The van der Waals surface area contributed by atoms with Gasteiger partial charge in [-0.1, -0.05) is 0 Å². The van der Waals surface area contributed by atoms with Crippen molar-refractivity contribution in [2.45, 2.75) is 67.7 Å². The Hall–Kier alpha value is -1.52. The minimum Gasteiger partial charge on any atom is -0.362 e. The molecule has 228 valence electrons. The van der Waals surface area contributed by atoms with Crippen LogP contribution in [0.25, 0.3) is 0 Å². The van der Waals surface area contributed by atoms with E-state index in [4.69, 9.17) is 0 Å². The fraction of sp³-hybridized carbons (Fsp3) is 1.00. The topological polar surface area (TPSA) is 27.7 Å². The first-order chi connectivity index (χ1) is 15.8. The zero-order valence-corrected chi connectivity index (χ0v) is 17.9. The highest BCUT2D eigenvalue weighted by Gasteiger charge is 2.81. The van der Waals surface area contributed by atoms with Crippen LogP contribution in [0.5, 0.6) is 0 Å². The Morgan fingerprint density at radius 2 is 0.757 bits per heavy atom. The fourth-order valence-corrected chi connectivity index (χ4v) is 1.49. The van der Waals surface area contributed by atoms with Crippen LogP contribution >= 0.6 is 0 Å². The van der Waals surface area contributed by atoms with Crippen molar-refractivity contribution in [1.82, 2.24) is 0 Å². The Labute approximate surface area is 192 Å². The van der Waals surface area contributed by atoms with Crippen LogP contribution in [-0.2, 0) is 14.2 Å². The van der Waals surface area contributed by atoms with Crippen molar-refractivity contribution in [1.29, 1.82) is 0 Å². The van der Waals surface area contributed by atoms with Gasteiger partial charge in [-0.05, 0) is 6.92 Å². The van der Waals surface area contributed by atoms with Crippen LogP contribution in [0.2, 0.25) is 0 Å². The van der Waals surface area contributed by atoms with Gasteiger partial charge >= 0.3 is 43.4 Å². The van der Waals surface area contributed by atoms with Gasteiger partial charge in [0, 0.05) is 21.3 Å². The van der Waals surface area contributed by atoms with Gasteiger partial charge in [-0.25, -0.2) is 13.2 Å². The number of hydrogen-bond acceptors (Lipinski definition) is 3. The van der Waals surface area contributed by atoms with E-state index in [9.17, 15) is 87.8 Å². The molecule has 0 rings (SSSR count). The summed E-state index contributed by atoms with van der Waals surface area (Å²) in [6, 6.07) is 0. The second-order valence-corrected chi connectivity index (χ2v) is 6.14. The molecule has 0 aromatic heterocycles. The van der Waals surface area contributed by atoms with Crippen molar-refractivity contribution in [3.63, 3.8) is 0 Å². The standard InChI is InChI=1S/C6H4F10O.C5H6F6O.C3H4F4O/c1-17-3(5(11,12)13,6(14,15)16)2(7)4(8,9)10;1-3(12-2,4(6,7)8)5(9,10)11;1-8-3(6,7)2(4)5/h2H,1H3;1-2H3;2H,1H3. The van der Waals surface area contributed by atoms with Gasteiger partial charge in [0.05, 0.1) is 0 Å². The van der Waals surface area contributed by atoms with Crippen molar-refractivity contribution in [3.05, 3.63) is 0 Å². The van der Waals surface area contributed by atoms with Gasteiger partial charge in [-0.15, -0.1) is 0 Å². The minimum atomic E-state index is -6.62. The van der Waals surface area contributed by atoms with Crippen LogP contribution in [0.4, 0.5) is 87.8 Å². The number of halogens is 20. The van der Waals surface area contributed by atoms with Crippen molar-refractivity contribution in [3.8, 4) is 0 Å². The molecular formula is C14H14F20O3. The van der Waals surface area contributed by atoms with Crippen LogP contribution in [0.3, 0.4) is 0 Å². The molecule has 0 amide bonds. The van der Waals surface area contributed by atoms with E-state index in [1.54, 1.807) is 0 Å². The highest BCUT2D eigenvalue weighted by atomic mass is 19.4. The van der Waals surface area contributed by atoms with E-state index < -0.39 is 60.8 Å². The summed E-state index contributed by atoms with van der Waals surface area (Å²) in [5, 5.41) is 0. The van der Waals surface area contributed by atoms with Crippen LogP contribution < -0.4 is 0 Å². The van der Waals surface area contributed by atoms with Gasteiger partial charge in [0.25, 0.3) is 11.2 Å². The average Bonchev–Trinajstić information content (AvgIpc) is 2.64. The van der Waals surface area contributed by atoms with Gasteiger partial charge in [0.1, 0.15) is 0 Å². The summed E-state index contributed by atoms with van der Waals surface area (Å²) in [6.45, 7) is -0.0625. The lowest BCUT2D eigenvalue weighted by Crippen LogP contribution is -2.67. The highest BCUT2D eigenvalue weighted by Crippen LogP contribution is 2.52. The maximum Gasteiger partial charge on any atom is 0.429 e. The molecule has 0 aliphatic carbocycles. The smallest absolute Gasteiger partial charge is 0.362 e. The second-order valence-electron chi connectivity index (χ2n) is 6.14.